The zero-order valence-electron chi connectivity index (χ0n) is 22.0. The molecular formula is C29H34N4O4S. The molecule has 0 aliphatic carbocycles. The molecule has 9 heteroatoms. The van der Waals surface area contributed by atoms with Gasteiger partial charge in [0.15, 0.2) is 0 Å². The third kappa shape index (κ3) is 7.20. The molecule has 4 rings (SSSR count). The van der Waals surface area contributed by atoms with Gasteiger partial charge in [0, 0.05) is 34.4 Å². The number of rotatable bonds is 12. The Labute approximate surface area is 223 Å². The Hall–Kier alpha value is -3.69. The van der Waals surface area contributed by atoms with Crippen molar-refractivity contribution < 1.29 is 13.3 Å². The molecule has 200 valence electrons. The van der Waals surface area contributed by atoms with Crippen LogP contribution in [0.4, 0.5) is 11.4 Å². The zero-order valence-corrected chi connectivity index (χ0v) is 22.8. The van der Waals surface area contributed by atoms with Crippen LogP contribution in [-0.4, -0.2) is 37.7 Å². The first-order valence-corrected chi connectivity index (χ1v) is 14.6. The number of benzene rings is 3. The minimum Gasteiger partial charge on any atom is -0.354 e. The number of aryl methyl sites for hydroxylation is 3. The summed E-state index contributed by atoms with van der Waals surface area (Å²) in [7, 11) is -3.27. The van der Waals surface area contributed by atoms with Crippen molar-refractivity contribution in [1.29, 1.82) is 0 Å². The highest BCUT2D eigenvalue weighted by atomic mass is 32.2. The van der Waals surface area contributed by atoms with E-state index in [0.29, 0.717) is 5.69 Å². The Balaban J connectivity index is 1.36. The average molecular weight is 535 g/mol. The molecule has 8 nitrogen and oxygen atoms in total. The highest BCUT2D eigenvalue weighted by Gasteiger charge is 2.17. The van der Waals surface area contributed by atoms with Gasteiger partial charge in [-0.05, 0) is 99.6 Å². The molecule has 4 aromatic rings. The number of nitro benzene ring substituents is 1. The van der Waals surface area contributed by atoms with Gasteiger partial charge in [0.05, 0.1) is 11.2 Å². The van der Waals surface area contributed by atoms with Gasteiger partial charge in [0.25, 0.3) is 5.69 Å². The van der Waals surface area contributed by atoms with E-state index in [-0.39, 0.29) is 10.6 Å². The van der Waals surface area contributed by atoms with Gasteiger partial charge in [-0.3, -0.25) is 14.8 Å². The van der Waals surface area contributed by atoms with Crippen molar-refractivity contribution in [2.24, 2.45) is 0 Å². The van der Waals surface area contributed by atoms with E-state index in [1.807, 2.05) is 12.1 Å². The van der Waals surface area contributed by atoms with Crippen LogP contribution >= 0.6 is 0 Å². The molecule has 1 heterocycles. The summed E-state index contributed by atoms with van der Waals surface area (Å²) in [6.45, 7) is 5.78. The number of sulfonamides is 1. The van der Waals surface area contributed by atoms with Crippen molar-refractivity contribution in [1.82, 2.24) is 10.3 Å². The Kier molecular flexibility index (Phi) is 8.48. The third-order valence-electron chi connectivity index (χ3n) is 6.49. The highest BCUT2D eigenvalue weighted by Crippen LogP contribution is 2.33. The van der Waals surface area contributed by atoms with Crippen molar-refractivity contribution in [3.63, 3.8) is 0 Å². The van der Waals surface area contributed by atoms with Crippen LogP contribution in [0.5, 0.6) is 0 Å². The van der Waals surface area contributed by atoms with Crippen LogP contribution in [0.2, 0.25) is 0 Å². The molecule has 0 bridgehead atoms. The van der Waals surface area contributed by atoms with Gasteiger partial charge >= 0.3 is 0 Å². The Morgan fingerprint density at radius 2 is 1.61 bits per heavy atom. The maximum atomic E-state index is 11.4. The number of nitro groups is 1. The Bertz CT molecular complexity index is 1520. The number of hydrogen-bond donors (Lipinski definition) is 3. The third-order valence-corrected chi connectivity index (χ3v) is 7.10. The minimum atomic E-state index is -3.27. The molecule has 0 saturated carbocycles. The maximum Gasteiger partial charge on any atom is 0.270 e. The van der Waals surface area contributed by atoms with Crippen molar-refractivity contribution >= 4 is 32.3 Å². The minimum absolute atomic E-state index is 0.0952. The standard InChI is InChI=1S/C29H34N4O4S/c1-20-16-21(2)18-23(17-20)29-26(27-19-25(33(34)35)11-12-28(27)31-29)13-15-30-14-5-4-6-22-7-9-24(10-8-22)32-38(3,36)37/h7-12,16-19,30-32H,4-6,13-15H2,1-3H3. The van der Waals surface area contributed by atoms with Gasteiger partial charge in [0.2, 0.25) is 10.0 Å². The largest absolute Gasteiger partial charge is 0.354 e. The molecule has 0 fully saturated rings. The zero-order chi connectivity index (χ0) is 27.3. The van der Waals surface area contributed by atoms with Crippen molar-refractivity contribution in [2.75, 3.05) is 24.1 Å². The first-order valence-electron chi connectivity index (χ1n) is 12.7. The van der Waals surface area contributed by atoms with E-state index in [0.717, 1.165) is 72.8 Å². The number of aromatic nitrogens is 1. The lowest BCUT2D eigenvalue weighted by molar-refractivity contribution is -0.384. The van der Waals surface area contributed by atoms with Crippen LogP contribution < -0.4 is 10.0 Å². The number of anilines is 1. The molecule has 0 amide bonds. The normalized spacial score (nSPS) is 11.7. The van der Waals surface area contributed by atoms with Gasteiger partial charge in [0.1, 0.15) is 0 Å². The van der Waals surface area contributed by atoms with Crippen molar-refractivity contribution in [3.8, 4) is 11.3 Å². The lowest BCUT2D eigenvalue weighted by atomic mass is 9.99. The molecular weight excluding hydrogens is 500 g/mol. The number of non-ortho nitro benzene ring substituents is 1. The lowest BCUT2D eigenvalue weighted by Crippen LogP contribution is -2.18. The van der Waals surface area contributed by atoms with E-state index in [4.69, 9.17) is 0 Å². The lowest BCUT2D eigenvalue weighted by Gasteiger charge is -2.09. The first kappa shape index (κ1) is 27.3. The second kappa shape index (κ2) is 11.8. The van der Waals surface area contributed by atoms with Crippen LogP contribution in [-0.2, 0) is 22.9 Å². The number of fused-ring (bicyclic) bond motifs is 1. The van der Waals surface area contributed by atoms with Gasteiger partial charge in [-0.25, -0.2) is 8.42 Å². The van der Waals surface area contributed by atoms with Gasteiger partial charge in [-0.2, -0.15) is 0 Å². The summed E-state index contributed by atoms with van der Waals surface area (Å²) in [4.78, 5) is 14.6. The summed E-state index contributed by atoms with van der Waals surface area (Å²) >= 11 is 0. The van der Waals surface area contributed by atoms with Crippen LogP contribution in [0.25, 0.3) is 22.2 Å². The number of aromatic amines is 1. The molecule has 0 aliphatic rings. The number of nitrogens with one attached hydrogen (secondary N) is 3. The molecule has 3 N–H and O–H groups in total. The molecule has 0 unspecified atom stereocenters. The topological polar surface area (TPSA) is 117 Å². The van der Waals surface area contributed by atoms with Crippen LogP contribution in [0, 0.1) is 24.0 Å². The number of unbranched alkanes of at least 4 members (excludes halogenated alkanes) is 1. The van der Waals surface area contributed by atoms with Gasteiger partial charge in [-0.1, -0.05) is 29.3 Å². The highest BCUT2D eigenvalue weighted by molar-refractivity contribution is 7.92. The molecule has 0 atom stereocenters. The molecule has 0 saturated heterocycles. The summed E-state index contributed by atoms with van der Waals surface area (Å²) in [5.41, 5.74) is 8.28. The maximum absolute atomic E-state index is 11.4. The molecule has 1 aromatic heterocycles. The second-order valence-electron chi connectivity index (χ2n) is 9.87. The van der Waals surface area contributed by atoms with Crippen molar-refractivity contribution in [2.45, 2.75) is 39.5 Å². The number of nitrogens with zero attached hydrogens (tertiary/aromatic N) is 1. The molecule has 0 spiro atoms. The SMILES string of the molecule is Cc1cc(C)cc(-c2[nH]c3ccc([N+](=O)[O-])cc3c2CCNCCCCc2ccc(NS(C)(=O)=O)cc2)c1. The number of hydrogen-bond acceptors (Lipinski definition) is 5. The average Bonchev–Trinajstić information content (AvgIpc) is 3.21. The molecule has 0 radical (unpaired) electrons. The molecule has 0 aliphatic heterocycles. The van der Waals surface area contributed by atoms with E-state index >= 15 is 0 Å². The summed E-state index contributed by atoms with van der Waals surface area (Å²) in [5.74, 6) is 0. The summed E-state index contributed by atoms with van der Waals surface area (Å²) in [6, 6.07) is 18.9. The van der Waals surface area contributed by atoms with E-state index in [1.54, 1.807) is 30.3 Å². The van der Waals surface area contributed by atoms with Crippen LogP contribution in [0.3, 0.4) is 0 Å². The van der Waals surface area contributed by atoms with E-state index in [9.17, 15) is 18.5 Å². The van der Waals surface area contributed by atoms with Gasteiger partial charge < -0.3 is 10.3 Å². The van der Waals surface area contributed by atoms with Crippen LogP contribution in [0.1, 0.15) is 35.1 Å². The Morgan fingerprint density at radius 3 is 2.26 bits per heavy atom. The van der Waals surface area contributed by atoms with E-state index in [1.165, 1.54) is 16.7 Å². The molecule has 3 aromatic carbocycles. The first-order chi connectivity index (χ1) is 18.1. The van der Waals surface area contributed by atoms with Gasteiger partial charge in [-0.15, -0.1) is 0 Å². The predicted molar refractivity (Wildman–Crippen MR) is 154 cm³/mol. The summed E-state index contributed by atoms with van der Waals surface area (Å²) in [5, 5.41) is 15.8. The fourth-order valence-electron chi connectivity index (χ4n) is 4.85. The fraction of sp³-hybridized carbons (Fsp3) is 0.310. The second-order valence-corrected chi connectivity index (χ2v) is 11.6. The smallest absolute Gasteiger partial charge is 0.270 e. The fourth-order valence-corrected chi connectivity index (χ4v) is 5.41. The summed E-state index contributed by atoms with van der Waals surface area (Å²) < 4.78 is 25.1. The summed E-state index contributed by atoms with van der Waals surface area (Å²) in [6.07, 6.45) is 4.83. The molecule has 38 heavy (non-hydrogen) atoms. The van der Waals surface area contributed by atoms with Crippen LogP contribution in [0.15, 0.2) is 60.7 Å². The van der Waals surface area contributed by atoms with Crippen molar-refractivity contribution in [3.05, 3.63) is 93.0 Å². The Morgan fingerprint density at radius 1 is 0.895 bits per heavy atom. The number of H-pyrrole nitrogens is 1. The quantitative estimate of drug-likeness (QED) is 0.119. The van der Waals surface area contributed by atoms with E-state index in [2.05, 4.69) is 47.1 Å². The predicted octanol–water partition coefficient (Wildman–Crippen LogP) is 5.89. The van der Waals surface area contributed by atoms with E-state index < -0.39 is 10.0 Å². The monoisotopic (exact) mass is 534 g/mol.